The summed E-state index contributed by atoms with van der Waals surface area (Å²) in [4.78, 5) is 0. The van der Waals surface area contributed by atoms with Crippen LogP contribution in [0, 0.1) is 0 Å². The van der Waals surface area contributed by atoms with Crippen LogP contribution in [-0.4, -0.2) is 23.2 Å². The van der Waals surface area contributed by atoms with Crippen LogP contribution in [0.25, 0.3) is 10.8 Å². The normalized spacial score (nSPS) is 10.6. The lowest BCUT2D eigenvalue weighted by molar-refractivity contribution is 0.344. The van der Waals surface area contributed by atoms with Gasteiger partial charge in [-0.2, -0.15) is 11.8 Å². The maximum absolute atomic E-state index is 9.42. The van der Waals surface area contributed by atoms with Crippen molar-refractivity contribution in [2.75, 3.05) is 18.1 Å². The third-order valence-corrected chi connectivity index (χ3v) is 3.36. The topological polar surface area (TPSA) is 29.5 Å². The Morgan fingerprint density at radius 2 is 1.94 bits per heavy atom. The molecule has 2 aromatic carbocycles. The van der Waals surface area contributed by atoms with Crippen molar-refractivity contribution < 1.29 is 9.84 Å². The van der Waals surface area contributed by atoms with Gasteiger partial charge in [0.25, 0.3) is 0 Å². The van der Waals surface area contributed by atoms with E-state index < -0.39 is 0 Å². The number of phenolic OH excluding ortho intramolecular Hbond substituents is 1. The van der Waals surface area contributed by atoms with Crippen LogP contribution in [0.4, 0.5) is 0 Å². The summed E-state index contributed by atoms with van der Waals surface area (Å²) in [5.74, 6) is 3.28. The first kappa shape index (κ1) is 12.1. The molecule has 0 saturated carbocycles. The van der Waals surface area contributed by atoms with E-state index in [1.54, 1.807) is 12.1 Å². The van der Waals surface area contributed by atoms with Crippen LogP contribution in [0.2, 0.25) is 0 Å². The molecule has 0 heterocycles. The van der Waals surface area contributed by atoms with Crippen LogP contribution in [0.3, 0.4) is 0 Å². The Morgan fingerprint density at radius 3 is 2.76 bits per heavy atom. The maximum Gasteiger partial charge on any atom is 0.119 e. The smallest absolute Gasteiger partial charge is 0.119 e. The Balaban J connectivity index is 2.08. The zero-order valence-electron chi connectivity index (χ0n) is 9.85. The summed E-state index contributed by atoms with van der Waals surface area (Å²) in [6.07, 6.45) is 0. The van der Waals surface area contributed by atoms with Crippen LogP contribution >= 0.6 is 11.8 Å². The lowest BCUT2D eigenvalue weighted by Gasteiger charge is -2.07. The standard InChI is InChI=1S/C14H16O2S/c1-2-17-8-7-16-14-6-4-11-3-5-13(15)9-12(11)10-14/h3-6,9-10,15H,2,7-8H2,1H3. The van der Waals surface area contributed by atoms with Gasteiger partial charge in [-0.25, -0.2) is 0 Å². The second kappa shape index (κ2) is 5.82. The fourth-order valence-electron chi connectivity index (χ4n) is 1.66. The number of hydrogen-bond acceptors (Lipinski definition) is 3. The predicted molar refractivity (Wildman–Crippen MR) is 74.1 cm³/mol. The van der Waals surface area contributed by atoms with Gasteiger partial charge in [0.1, 0.15) is 11.5 Å². The number of phenols is 1. The Morgan fingerprint density at radius 1 is 1.12 bits per heavy atom. The summed E-state index contributed by atoms with van der Waals surface area (Å²) < 4.78 is 5.65. The third kappa shape index (κ3) is 3.30. The highest BCUT2D eigenvalue weighted by Crippen LogP contribution is 2.24. The van der Waals surface area contributed by atoms with Gasteiger partial charge in [0.05, 0.1) is 6.61 Å². The third-order valence-electron chi connectivity index (χ3n) is 2.50. The summed E-state index contributed by atoms with van der Waals surface area (Å²) in [5.41, 5.74) is 0. The summed E-state index contributed by atoms with van der Waals surface area (Å²) in [6.45, 7) is 2.87. The lowest BCUT2D eigenvalue weighted by Crippen LogP contribution is -2.00. The van der Waals surface area contributed by atoms with Crippen LogP contribution in [0.1, 0.15) is 6.92 Å². The van der Waals surface area contributed by atoms with Crippen LogP contribution in [-0.2, 0) is 0 Å². The molecule has 90 valence electrons. The molecule has 2 nitrogen and oxygen atoms in total. The Kier molecular flexibility index (Phi) is 4.15. The molecule has 1 N–H and O–H groups in total. The molecule has 0 radical (unpaired) electrons. The molecular formula is C14H16O2S. The van der Waals surface area contributed by atoms with E-state index in [0.717, 1.165) is 34.6 Å². The number of thioether (sulfide) groups is 1. The largest absolute Gasteiger partial charge is 0.508 e. The zero-order chi connectivity index (χ0) is 12.1. The molecule has 3 heteroatoms. The number of rotatable bonds is 5. The molecule has 0 unspecified atom stereocenters. The first-order valence-electron chi connectivity index (χ1n) is 5.73. The van der Waals surface area contributed by atoms with Crippen molar-refractivity contribution in [1.29, 1.82) is 0 Å². The van der Waals surface area contributed by atoms with E-state index in [9.17, 15) is 5.11 Å². The second-order valence-electron chi connectivity index (χ2n) is 3.74. The number of fused-ring (bicyclic) bond motifs is 1. The molecule has 0 aliphatic carbocycles. The average molecular weight is 248 g/mol. The minimum absolute atomic E-state index is 0.288. The lowest BCUT2D eigenvalue weighted by atomic mass is 10.1. The highest BCUT2D eigenvalue weighted by Gasteiger charge is 1.98. The number of aromatic hydroxyl groups is 1. The molecule has 0 aromatic heterocycles. The molecule has 0 fully saturated rings. The molecule has 17 heavy (non-hydrogen) atoms. The number of hydrogen-bond donors (Lipinski definition) is 1. The van der Waals surface area contributed by atoms with Gasteiger partial charge >= 0.3 is 0 Å². The molecule has 0 saturated heterocycles. The summed E-state index contributed by atoms with van der Waals surface area (Å²) in [7, 11) is 0. The molecule has 0 amide bonds. The first-order valence-corrected chi connectivity index (χ1v) is 6.88. The van der Waals surface area contributed by atoms with Crippen LogP contribution in [0.15, 0.2) is 36.4 Å². The van der Waals surface area contributed by atoms with Gasteiger partial charge in [0, 0.05) is 5.75 Å². The predicted octanol–water partition coefficient (Wildman–Crippen LogP) is 3.68. The molecule has 2 aromatic rings. The highest BCUT2D eigenvalue weighted by atomic mass is 32.2. The minimum atomic E-state index is 0.288. The van der Waals surface area contributed by atoms with Crippen molar-refractivity contribution >= 4 is 22.5 Å². The van der Waals surface area contributed by atoms with E-state index in [-0.39, 0.29) is 5.75 Å². The fourth-order valence-corrected chi connectivity index (χ4v) is 2.15. The van der Waals surface area contributed by atoms with Gasteiger partial charge in [0.2, 0.25) is 0 Å². The van der Waals surface area contributed by atoms with Crippen molar-refractivity contribution in [2.45, 2.75) is 6.92 Å². The number of benzene rings is 2. The van der Waals surface area contributed by atoms with E-state index in [1.165, 1.54) is 0 Å². The Labute approximate surface area is 106 Å². The van der Waals surface area contributed by atoms with E-state index in [2.05, 4.69) is 6.92 Å². The maximum atomic E-state index is 9.42. The molecular weight excluding hydrogens is 232 g/mol. The molecule has 0 bridgehead atoms. The van der Waals surface area contributed by atoms with Gasteiger partial charge in [-0.1, -0.05) is 19.1 Å². The molecule has 0 atom stereocenters. The van der Waals surface area contributed by atoms with E-state index in [0.29, 0.717) is 0 Å². The zero-order valence-corrected chi connectivity index (χ0v) is 10.7. The van der Waals surface area contributed by atoms with Gasteiger partial charge in [0.15, 0.2) is 0 Å². The van der Waals surface area contributed by atoms with Crippen molar-refractivity contribution in [3.8, 4) is 11.5 Å². The van der Waals surface area contributed by atoms with E-state index in [4.69, 9.17) is 4.74 Å². The minimum Gasteiger partial charge on any atom is -0.508 e. The second-order valence-corrected chi connectivity index (χ2v) is 5.13. The first-order chi connectivity index (χ1) is 8.29. The van der Waals surface area contributed by atoms with Crippen LogP contribution < -0.4 is 4.74 Å². The molecule has 2 rings (SSSR count). The van der Waals surface area contributed by atoms with Gasteiger partial charge in [-0.15, -0.1) is 0 Å². The fraction of sp³-hybridized carbons (Fsp3) is 0.286. The SMILES string of the molecule is CCSCCOc1ccc2ccc(O)cc2c1. The highest BCUT2D eigenvalue weighted by molar-refractivity contribution is 7.99. The van der Waals surface area contributed by atoms with Crippen molar-refractivity contribution in [3.05, 3.63) is 36.4 Å². The van der Waals surface area contributed by atoms with Crippen molar-refractivity contribution in [3.63, 3.8) is 0 Å². The number of ether oxygens (including phenoxy) is 1. The monoisotopic (exact) mass is 248 g/mol. The van der Waals surface area contributed by atoms with Gasteiger partial charge in [-0.05, 0) is 40.8 Å². The average Bonchev–Trinajstić information content (AvgIpc) is 2.34. The molecule has 0 aliphatic rings. The molecule has 0 spiro atoms. The Hall–Kier alpha value is -1.35. The van der Waals surface area contributed by atoms with Gasteiger partial charge in [-0.3, -0.25) is 0 Å². The summed E-state index contributed by atoms with van der Waals surface area (Å²) in [6, 6.07) is 11.3. The van der Waals surface area contributed by atoms with E-state index >= 15 is 0 Å². The summed E-state index contributed by atoms with van der Waals surface area (Å²) in [5, 5.41) is 11.5. The van der Waals surface area contributed by atoms with E-state index in [1.807, 2.05) is 36.0 Å². The van der Waals surface area contributed by atoms with Gasteiger partial charge < -0.3 is 9.84 Å². The van der Waals surface area contributed by atoms with Crippen molar-refractivity contribution in [2.24, 2.45) is 0 Å². The summed E-state index contributed by atoms with van der Waals surface area (Å²) >= 11 is 1.87. The Bertz CT molecular complexity index is 497. The quantitative estimate of drug-likeness (QED) is 0.818. The van der Waals surface area contributed by atoms with Crippen LogP contribution in [0.5, 0.6) is 11.5 Å². The van der Waals surface area contributed by atoms with Crippen molar-refractivity contribution in [1.82, 2.24) is 0 Å². The molecule has 0 aliphatic heterocycles.